The molecule has 1 amide bonds. The van der Waals surface area contributed by atoms with Gasteiger partial charge in [0.05, 0.1) is 23.0 Å². The third-order valence-electron chi connectivity index (χ3n) is 6.51. The Morgan fingerprint density at radius 2 is 1.84 bits per heavy atom. The zero-order valence-electron chi connectivity index (χ0n) is 17.2. The standard InChI is InChI=1S/C20H27F3N4O3S/c21-20(22,23)17-4-1-6-24-18(17)27-7-2-3-15(13-27)19(28)26-10-8-25(9-11-26)16-5-12-31(29,30)14-16/h1,4,6,15-16H,2-3,5,7-14H2. The van der Waals surface area contributed by atoms with Gasteiger partial charge in [-0.05, 0) is 31.4 Å². The summed E-state index contributed by atoms with van der Waals surface area (Å²) in [6.45, 7) is 2.95. The Morgan fingerprint density at radius 1 is 1.10 bits per heavy atom. The minimum atomic E-state index is -4.50. The summed E-state index contributed by atoms with van der Waals surface area (Å²) < 4.78 is 63.6. The van der Waals surface area contributed by atoms with Crippen LogP contribution in [-0.2, 0) is 20.8 Å². The summed E-state index contributed by atoms with van der Waals surface area (Å²) in [4.78, 5) is 22.5. The Morgan fingerprint density at radius 3 is 2.48 bits per heavy atom. The van der Waals surface area contributed by atoms with Crippen molar-refractivity contribution in [2.45, 2.75) is 31.5 Å². The maximum absolute atomic E-state index is 13.4. The molecule has 7 nitrogen and oxygen atoms in total. The molecule has 3 saturated heterocycles. The predicted molar refractivity (Wildman–Crippen MR) is 109 cm³/mol. The van der Waals surface area contributed by atoms with E-state index in [2.05, 4.69) is 9.88 Å². The molecule has 1 aromatic heterocycles. The summed E-state index contributed by atoms with van der Waals surface area (Å²) in [5.41, 5.74) is -0.775. The van der Waals surface area contributed by atoms with Crippen molar-refractivity contribution in [3.63, 3.8) is 0 Å². The fourth-order valence-electron chi connectivity index (χ4n) is 4.87. The third kappa shape index (κ3) is 4.97. The molecule has 3 aliphatic heterocycles. The Bertz CT molecular complexity index is 916. The third-order valence-corrected chi connectivity index (χ3v) is 8.26. The topological polar surface area (TPSA) is 73.8 Å². The molecule has 3 aliphatic rings. The molecule has 3 fully saturated rings. The number of alkyl halides is 3. The van der Waals surface area contributed by atoms with Gasteiger partial charge in [-0.15, -0.1) is 0 Å². The van der Waals surface area contributed by atoms with Crippen molar-refractivity contribution in [2.75, 3.05) is 55.7 Å². The molecule has 0 aromatic carbocycles. The molecule has 1 aromatic rings. The predicted octanol–water partition coefficient (Wildman–Crippen LogP) is 1.65. The van der Waals surface area contributed by atoms with Crippen LogP contribution in [0.2, 0.25) is 0 Å². The zero-order valence-corrected chi connectivity index (χ0v) is 18.0. The first-order chi connectivity index (χ1) is 14.6. The van der Waals surface area contributed by atoms with Gasteiger partial charge in [0.1, 0.15) is 5.82 Å². The van der Waals surface area contributed by atoms with Gasteiger partial charge in [-0.1, -0.05) is 0 Å². The SMILES string of the molecule is O=C(C1CCCN(c2ncccc2C(F)(F)F)C1)N1CCN(C2CCS(=O)(=O)C2)CC1. The number of hydrogen-bond acceptors (Lipinski definition) is 6. The van der Waals surface area contributed by atoms with Gasteiger partial charge in [-0.25, -0.2) is 13.4 Å². The second kappa shape index (κ2) is 8.57. The fraction of sp³-hybridized carbons (Fsp3) is 0.700. The molecule has 0 bridgehead atoms. The second-order valence-corrected chi connectivity index (χ2v) is 10.8. The first-order valence-corrected chi connectivity index (χ1v) is 12.5. The van der Waals surface area contributed by atoms with Crippen LogP contribution in [0.25, 0.3) is 0 Å². The lowest BCUT2D eigenvalue weighted by Gasteiger charge is -2.41. The van der Waals surface area contributed by atoms with Gasteiger partial charge in [-0.3, -0.25) is 9.69 Å². The number of nitrogens with zero attached hydrogens (tertiary/aromatic N) is 4. The van der Waals surface area contributed by atoms with Crippen molar-refractivity contribution in [3.8, 4) is 0 Å². The van der Waals surface area contributed by atoms with Crippen LogP contribution in [0, 0.1) is 5.92 Å². The Hall–Kier alpha value is -1.88. The van der Waals surface area contributed by atoms with Gasteiger partial charge in [0.2, 0.25) is 5.91 Å². The fourth-order valence-corrected chi connectivity index (χ4v) is 6.63. The van der Waals surface area contributed by atoms with Crippen LogP contribution in [0.4, 0.5) is 19.0 Å². The molecule has 0 aliphatic carbocycles. The van der Waals surface area contributed by atoms with E-state index < -0.39 is 21.6 Å². The highest BCUT2D eigenvalue weighted by Crippen LogP contribution is 2.36. The monoisotopic (exact) mass is 460 g/mol. The number of halogens is 3. The summed E-state index contributed by atoms with van der Waals surface area (Å²) in [6.07, 6.45) is -1.24. The number of piperidine rings is 1. The number of amides is 1. The largest absolute Gasteiger partial charge is 0.419 e. The van der Waals surface area contributed by atoms with Gasteiger partial charge in [0.15, 0.2) is 9.84 Å². The highest BCUT2D eigenvalue weighted by atomic mass is 32.2. The number of rotatable bonds is 3. The van der Waals surface area contributed by atoms with Gasteiger partial charge in [0.25, 0.3) is 0 Å². The Kier molecular flexibility index (Phi) is 6.17. The number of hydrogen-bond donors (Lipinski definition) is 0. The molecule has 31 heavy (non-hydrogen) atoms. The van der Waals surface area contributed by atoms with Crippen molar-refractivity contribution in [2.24, 2.45) is 5.92 Å². The maximum atomic E-state index is 13.4. The minimum Gasteiger partial charge on any atom is -0.355 e. The molecule has 172 valence electrons. The average Bonchev–Trinajstić information content (AvgIpc) is 3.12. The molecule has 0 N–H and O–H groups in total. The summed E-state index contributed by atoms with van der Waals surface area (Å²) in [6, 6.07) is 2.32. The number of anilines is 1. The van der Waals surface area contributed by atoms with E-state index in [1.165, 1.54) is 12.3 Å². The normalized spacial score (nSPS) is 27.5. The summed E-state index contributed by atoms with van der Waals surface area (Å²) in [5.74, 6) is -0.102. The highest BCUT2D eigenvalue weighted by molar-refractivity contribution is 7.91. The maximum Gasteiger partial charge on any atom is 0.419 e. The van der Waals surface area contributed by atoms with Crippen LogP contribution in [0.5, 0.6) is 0 Å². The minimum absolute atomic E-state index is 0.0253. The van der Waals surface area contributed by atoms with Crippen LogP contribution in [-0.4, -0.2) is 85.9 Å². The van der Waals surface area contributed by atoms with E-state index in [0.717, 1.165) is 6.07 Å². The number of aromatic nitrogens is 1. The average molecular weight is 461 g/mol. The number of carbonyl (C=O) groups is 1. The zero-order chi connectivity index (χ0) is 22.2. The lowest BCUT2D eigenvalue weighted by molar-refractivity contribution is -0.137. The van der Waals surface area contributed by atoms with Crippen LogP contribution in [0.1, 0.15) is 24.8 Å². The van der Waals surface area contributed by atoms with Crippen LogP contribution >= 0.6 is 0 Å². The van der Waals surface area contributed by atoms with Crippen LogP contribution < -0.4 is 4.90 Å². The van der Waals surface area contributed by atoms with Crippen molar-refractivity contribution in [3.05, 3.63) is 23.9 Å². The van der Waals surface area contributed by atoms with E-state index in [4.69, 9.17) is 0 Å². The molecule has 0 saturated carbocycles. The first kappa shape index (κ1) is 22.3. The molecular weight excluding hydrogens is 433 g/mol. The summed E-state index contributed by atoms with van der Waals surface area (Å²) in [5, 5.41) is 0. The molecule has 11 heteroatoms. The van der Waals surface area contributed by atoms with Crippen molar-refractivity contribution < 1.29 is 26.4 Å². The molecule has 4 heterocycles. The van der Waals surface area contributed by atoms with E-state index in [-0.39, 0.29) is 41.7 Å². The van der Waals surface area contributed by atoms with Gasteiger partial charge in [0, 0.05) is 51.5 Å². The van der Waals surface area contributed by atoms with Gasteiger partial charge in [-0.2, -0.15) is 13.2 Å². The molecule has 0 spiro atoms. The quantitative estimate of drug-likeness (QED) is 0.683. The van der Waals surface area contributed by atoms with Crippen molar-refractivity contribution in [1.82, 2.24) is 14.8 Å². The van der Waals surface area contributed by atoms with E-state index in [1.807, 2.05) is 0 Å². The van der Waals surface area contributed by atoms with E-state index in [0.29, 0.717) is 52.0 Å². The summed E-state index contributed by atoms with van der Waals surface area (Å²) in [7, 11) is -2.95. The molecule has 4 rings (SSSR count). The lowest BCUT2D eigenvalue weighted by Crippen LogP contribution is -2.55. The number of pyridine rings is 1. The second-order valence-electron chi connectivity index (χ2n) is 8.58. The van der Waals surface area contributed by atoms with E-state index in [9.17, 15) is 26.4 Å². The van der Waals surface area contributed by atoms with E-state index >= 15 is 0 Å². The van der Waals surface area contributed by atoms with E-state index in [1.54, 1.807) is 9.80 Å². The van der Waals surface area contributed by atoms with Crippen LogP contribution in [0.3, 0.4) is 0 Å². The number of piperazine rings is 1. The lowest BCUT2D eigenvalue weighted by atomic mass is 9.95. The van der Waals surface area contributed by atoms with Gasteiger partial charge < -0.3 is 9.80 Å². The Labute approximate surface area is 180 Å². The van der Waals surface area contributed by atoms with Crippen molar-refractivity contribution in [1.29, 1.82) is 0 Å². The molecular formula is C20H27F3N4O3S. The Balaban J connectivity index is 1.37. The van der Waals surface area contributed by atoms with Crippen molar-refractivity contribution >= 4 is 21.6 Å². The smallest absolute Gasteiger partial charge is 0.355 e. The van der Waals surface area contributed by atoms with Gasteiger partial charge >= 0.3 is 6.18 Å². The molecule has 2 atom stereocenters. The highest BCUT2D eigenvalue weighted by Gasteiger charge is 2.39. The molecule has 2 unspecified atom stereocenters. The van der Waals surface area contributed by atoms with Crippen LogP contribution in [0.15, 0.2) is 18.3 Å². The number of sulfone groups is 1. The number of carbonyl (C=O) groups excluding carboxylic acids is 1. The first-order valence-electron chi connectivity index (χ1n) is 10.6. The summed E-state index contributed by atoms with van der Waals surface area (Å²) >= 11 is 0. The molecule has 0 radical (unpaired) electrons.